The van der Waals surface area contributed by atoms with Gasteiger partial charge in [-0.15, -0.1) is 0 Å². The maximum Gasteiger partial charge on any atom is 0.297 e. The Bertz CT molecular complexity index is 1040. The molecule has 0 aliphatic rings. The van der Waals surface area contributed by atoms with Crippen LogP contribution in [-0.4, -0.2) is 5.10 Å². The Kier molecular flexibility index (Phi) is 4.21. The summed E-state index contributed by atoms with van der Waals surface area (Å²) in [4.78, 5) is 7.58. The van der Waals surface area contributed by atoms with Crippen molar-refractivity contribution in [2.45, 2.75) is 6.61 Å². The maximum atomic E-state index is 5.96. The summed E-state index contributed by atoms with van der Waals surface area (Å²) >= 11 is 7.09. The van der Waals surface area contributed by atoms with E-state index in [0.29, 0.717) is 6.61 Å². The smallest absolute Gasteiger partial charge is 0.240 e. The van der Waals surface area contributed by atoms with Crippen molar-refractivity contribution in [3.63, 3.8) is 0 Å². The van der Waals surface area contributed by atoms with E-state index < -0.39 is 0 Å². The van der Waals surface area contributed by atoms with E-state index in [1.54, 1.807) is 4.85 Å². The summed E-state index contributed by atoms with van der Waals surface area (Å²) in [6.07, 6.45) is 0. The van der Waals surface area contributed by atoms with Crippen LogP contribution in [0.4, 0.5) is 0 Å². The van der Waals surface area contributed by atoms with Crippen LogP contribution in [0.15, 0.2) is 75.7 Å². The number of nitrogens with zero attached hydrogens (tertiary/aromatic N) is 2. The van der Waals surface area contributed by atoms with Gasteiger partial charge in [-0.05, 0) is 35.9 Å². The second kappa shape index (κ2) is 6.49. The third-order valence-electron chi connectivity index (χ3n) is 3.81. The lowest BCUT2D eigenvalue weighted by Crippen LogP contribution is -2.46. The van der Waals surface area contributed by atoms with Crippen LogP contribution in [0.2, 0.25) is 0 Å². The van der Waals surface area contributed by atoms with E-state index in [2.05, 4.69) is 49.1 Å². The fraction of sp³-hybridized carbons (Fsp3) is 0.0526. The van der Waals surface area contributed by atoms with Gasteiger partial charge in [0.15, 0.2) is 6.61 Å². The molecule has 1 aromatic heterocycles. The molecule has 4 rings (SSSR count). The first-order valence-corrected chi connectivity index (χ1v) is 9.07. The second-order valence-corrected chi connectivity index (χ2v) is 7.29. The predicted molar refractivity (Wildman–Crippen MR) is 102 cm³/mol. The molecule has 0 aliphatic carbocycles. The molecule has 0 radical (unpaired) electrons. The van der Waals surface area contributed by atoms with Crippen molar-refractivity contribution in [2.24, 2.45) is 0 Å². The zero-order valence-corrected chi connectivity index (χ0v) is 15.8. The number of halogens is 2. The lowest BCUT2D eigenvalue weighted by Gasteiger charge is -2.04. The largest absolute Gasteiger partial charge is 0.297 e. The highest BCUT2D eigenvalue weighted by molar-refractivity contribution is 9.10. The minimum Gasteiger partial charge on any atom is -0.240 e. The average molecular weight is 445 g/mol. The van der Waals surface area contributed by atoms with Crippen LogP contribution in [0.3, 0.4) is 0 Å². The standard InChI is InChI=1S/C19H13Br2N2O/c20-14-6-8-18-16(10-14)17-11-15(21)7-9-19(17)23(22-18)24-12-13-4-2-1-3-5-13/h1-11H,12H2/q+1. The average Bonchev–Trinajstić information content (AvgIpc) is 2.61. The molecule has 3 nitrogen and oxygen atoms in total. The van der Waals surface area contributed by atoms with Gasteiger partial charge in [-0.2, -0.15) is 0 Å². The summed E-state index contributed by atoms with van der Waals surface area (Å²) in [5.74, 6) is 0. The van der Waals surface area contributed by atoms with Gasteiger partial charge in [0.05, 0.1) is 10.5 Å². The van der Waals surface area contributed by atoms with E-state index in [-0.39, 0.29) is 0 Å². The highest BCUT2D eigenvalue weighted by Gasteiger charge is 2.18. The molecule has 0 unspecified atom stereocenters. The lowest BCUT2D eigenvalue weighted by molar-refractivity contribution is -0.918. The van der Waals surface area contributed by atoms with Crippen molar-refractivity contribution in [1.29, 1.82) is 0 Å². The Labute approximate surface area is 156 Å². The third-order valence-corrected chi connectivity index (χ3v) is 4.79. The molecule has 3 aromatic carbocycles. The molecule has 0 atom stereocenters. The summed E-state index contributed by atoms with van der Waals surface area (Å²) in [5, 5.41) is 6.82. The van der Waals surface area contributed by atoms with Gasteiger partial charge in [-0.3, -0.25) is 0 Å². The van der Waals surface area contributed by atoms with Gasteiger partial charge >= 0.3 is 0 Å². The molecule has 0 saturated carbocycles. The quantitative estimate of drug-likeness (QED) is 0.334. The summed E-state index contributed by atoms with van der Waals surface area (Å²) in [5.41, 5.74) is 2.92. The summed E-state index contributed by atoms with van der Waals surface area (Å²) in [6.45, 7) is 0.464. The number of hydrogen-bond donors (Lipinski definition) is 0. The predicted octanol–water partition coefficient (Wildman–Crippen LogP) is 4.83. The highest BCUT2D eigenvalue weighted by atomic mass is 79.9. The Morgan fingerprint density at radius 1 is 0.833 bits per heavy atom. The molecular formula is C19H13Br2N2O+. The summed E-state index contributed by atoms with van der Waals surface area (Å²) in [7, 11) is 0. The van der Waals surface area contributed by atoms with Crippen LogP contribution in [0, 0.1) is 0 Å². The van der Waals surface area contributed by atoms with Crippen LogP contribution in [0.5, 0.6) is 0 Å². The minimum absolute atomic E-state index is 0.464. The monoisotopic (exact) mass is 443 g/mol. The fourth-order valence-electron chi connectivity index (χ4n) is 2.66. The number of hydrogen-bond acceptors (Lipinski definition) is 2. The Morgan fingerprint density at radius 2 is 1.54 bits per heavy atom. The molecule has 0 amide bonds. The normalized spacial score (nSPS) is 11.1. The molecular weight excluding hydrogens is 432 g/mol. The van der Waals surface area contributed by atoms with E-state index in [4.69, 9.17) is 4.84 Å². The van der Waals surface area contributed by atoms with Gasteiger partial charge < -0.3 is 0 Å². The molecule has 4 aromatic rings. The SMILES string of the molecule is Brc1ccc2n[n+](OCc3ccccc3)c3ccc(Br)cc3c2c1. The van der Waals surface area contributed by atoms with Crippen LogP contribution >= 0.6 is 31.9 Å². The Balaban J connectivity index is 1.86. The van der Waals surface area contributed by atoms with E-state index in [1.807, 2.05) is 54.6 Å². The van der Waals surface area contributed by atoms with Crippen molar-refractivity contribution >= 4 is 53.7 Å². The topological polar surface area (TPSA) is 26.0 Å². The first-order valence-electron chi connectivity index (χ1n) is 7.49. The van der Waals surface area contributed by atoms with Gasteiger partial charge in [-0.1, -0.05) is 62.2 Å². The first kappa shape index (κ1) is 15.5. The molecule has 0 spiro atoms. The fourth-order valence-corrected chi connectivity index (χ4v) is 3.38. The van der Waals surface area contributed by atoms with E-state index in [9.17, 15) is 0 Å². The molecule has 0 N–H and O–H groups in total. The van der Waals surface area contributed by atoms with Gasteiger partial charge in [-0.25, -0.2) is 4.84 Å². The Hall–Kier alpha value is -1.98. The van der Waals surface area contributed by atoms with Crippen LogP contribution in [-0.2, 0) is 6.61 Å². The van der Waals surface area contributed by atoms with Crippen LogP contribution < -0.4 is 9.68 Å². The maximum absolute atomic E-state index is 5.96. The molecule has 118 valence electrons. The number of rotatable bonds is 3. The van der Waals surface area contributed by atoms with E-state index in [0.717, 1.165) is 36.3 Å². The molecule has 0 saturated heterocycles. The molecule has 24 heavy (non-hydrogen) atoms. The highest BCUT2D eigenvalue weighted by Crippen LogP contribution is 2.26. The third kappa shape index (κ3) is 3.01. The van der Waals surface area contributed by atoms with Crippen molar-refractivity contribution in [3.05, 3.63) is 81.2 Å². The molecule has 5 heteroatoms. The first-order chi connectivity index (χ1) is 11.7. The van der Waals surface area contributed by atoms with Crippen LogP contribution in [0.25, 0.3) is 21.8 Å². The van der Waals surface area contributed by atoms with Gasteiger partial charge in [0.1, 0.15) is 10.4 Å². The number of aromatic nitrogens is 2. The summed E-state index contributed by atoms with van der Waals surface area (Å²) in [6, 6.07) is 22.2. The molecule has 0 aliphatic heterocycles. The van der Waals surface area contributed by atoms with E-state index >= 15 is 0 Å². The van der Waals surface area contributed by atoms with Gasteiger partial charge in [0.25, 0.3) is 5.52 Å². The Morgan fingerprint density at radius 3 is 2.33 bits per heavy atom. The zero-order valence-electron chi connectivity index (χ0n) is 12.6. The van der Waals surface area contributed by atoms with Gasteiger partial charge in [0.2, 0.25) is 0 Å². The summed E-state index contributed by atoms with van der Waals surface area (Å²) < 4.78 is 2.05. The zero-order chi connectivity index (χ0) is 16.5. The number of benzene rings is 3. The lowest BCUT2D eigenvalue weighted by atomic mass is 10.1. The molecule has 0 bridgehead atoms. The minimum atomic E-state index is 0.464. The van der Waals surface area contributed by atoms with Crippen molar-refractivity contribution in [2.75, 3.05) is 0 Å². The number of fused-ring (bicyclic) bond motifs is 3. The van der Waals surface area contributed by atoms with Crippen molar-refractivity contribution < 1.29 is 9.68 Å². The van der Waals surface area contributed by atoms with Crippen molar-refractivity contribution in [3.8, 4) is 0 Å². The van der Waals surface area contributed by atoms with Gasteiger partial charge in [0, 0.05) is 20.4 Å². The molecule has 0 fully saturated rings. The molecule has 1 heterocycles. The van der Waals surface area contributed by atoms with E-state index in [1.165, 1.54) is 0 Å². The van der Waals surface area contributed by atoms with Crippen LogP contribution in [0.1, 0.15) is 5.56 Å². The second-order valence-electron chi connectivity index (χ2n) is 5.45. The van der Waals surface area contributed by atoms with Crippen molar-refractivity contribution in [1.82, 2.24) is 5.10 Å².